The van der Waals surface area contributed by atoms with E-state index in [2.05, 4.69) is 0 Å². The third-order valence-electron chi connectivity index (χ3n) is 6.25. The van der Waals surface area contributed by atoms with Gasteiger partial charge in [-0.1, -0.05) is 41.9 Å². The first kappa shape index (κ1) is 16.0. The Kier molecular flexibility index (Phi) is 3.60. The zero-order valence-electron chi connectivity index (χ0n) is 13.7. The van der Waals surface area contributed by atoms with Gasteiger partial charge in [0.05, 0.1) is 12.0 Å². The van der Waals surface area contributed by atoms with Crippen molar-refractivity contribution in [3.05, 3.63) is 46.7 Å². The molecule has 1 saturated heterocycles. The average molecular weight is 380 g/mol. The summed E-state index contributed by atoms with van der Waals surface area (Å²) in [6, 6.07) is 9.64. The van der Waals surface area contributed by atoms with Gasteiger partial charge in [0.1, 0.15) is 10.8 Å². The first-order valence-electron chi connectivity index (χ1n) is 8.83. The predicted octanol–water partition coefficient (Wildman–Crippen LogP) is 3.79. The summed E-state index contributed by atoms with van der Waals surface area (Å²) in [6.45, 7) is 0.616. The molecule has 0 radical (unpaired) electrons. The highest BCUT2D eigenvalue weighted by molar-refractivity contribution is 6.43. The SMILES string of the molecule is O=C1C(Cl)=C(CCl)O[C@@]2(c3ccccc3)O[C@H]3[C@@H]4CC[C@@H](C4)[C@H]3CN12. The van der Waals surface area contributed by atoms with Crippen molar-refractivity contribution in [3.63, 3.8) is 0 Å². The van der Waals surface area contributed by atoms with Gasteiger partial charge >= 0.3 is 5.91 Å². The molecule has 132 valence electrons. The van der Waals surface area contributed by atoms with Crippen LogP contribution in [0.3, 0.4) is 0 Å². The maximum Gasteiger partial charge on any atom is 0.326 e. The fraction of sp³-hybridized carbons (Fsp3) is 0.526. The van der Waals surface area contributed by atoms with Crippen molar-refractivity contribution < 1.29 is 14.3 Å². The molecule has 4 nitrogen and oxygen atoms in total. The number of allylic oxidation sites excluding steroid dienone is 1. The van der Waals surface area contributed by atoms with E-state index in [-0.39, 0.29) is 28.7 Å². The van der Waals surface area contributed by atoms with Gasteiger partial charge < -0.3 is 9.47 Å². The molecule has 6 heteroatoms. The Morgan fingerprint density at radius 1 is 1.20 bits per heavy atom. The van der Waals surface area contributed by atoms with Crippen molar-refractivity contribution >= 4 is 29.1 Å². The number of ether oxygens (including phenoxy) is 2. The summed E-state index contributed by atoms with van der Waals surface area (Å²) >= 11 is 12.2. The lowest BCUT2D eigenvalue weighted by Crippen LogP contribution is -2.64. The first-order chi connectivity index (χ1) is 12.1. The van der Waals surface area contributed by atoms with Gasteiger partial charge in [0.2, 0.25) is 0 Å². The number of rotatable bonds is 2. The number of nitrogens with zero attached hydrogens (tertiary/aromatic N) is 1. The molecule has 5 atom stereocenters. The van der Waals surface area contributed by atoms with Gasteiger partial charge in [-0.2, -0.15) is 0 Å². The number of halogens is 2. The zero-order valence-corrected chi connectivity index (χ0v) is 15.2. The van der Waals surface area contributed by atoms with E-state index in [9.17, 15) is 4.79 Å². The maximum absolute atomic E-state index is 13.0. The normalized spacial score (nSPS) is 39.3. The third kappa shape index (κ3) is 2.14. The van der Waals surface area contributed by atoms with Crippen LogP contribution in [0, 0.1) is 17.8 Å². The zero-order chi connectivity index (χ0) is 17.2. The fourth-order valence-electron chi connectivity index (χ4n) is 5.14. The molecule has 1 aromatic rings. The smallest absolute Gasteiger partial charge is 0.326 e. The van der Waals surface area contributed by atoms with Gasteiger partial charge in [0.15, 0.2) is 0 Å². The Labute approximate surface area is 156 Å². The Hall–Kier alpha value is -1.23. The van der Waals surface area contributed by atoms with Crippen LogP contribution in [0.1, 0.15) is 24.8 Å². The first-order valence-corrected chi connectivity index (χ1v) is 9.74. The molecule has 2 saturated carbocycles. The largest absolute Gasteiger partial charge is 0.442 e. The number of fused-ring (bicyclic) bond motifs is 6. The van der Waals surface area contributed by atoms with Gasteiger partial charge in [-0.05, 0) is 31.1 Å². The molecular weight excluding hydrogens is 361 g/mol. The van der Waals surface area contributed by atoms with Crippen LogP contribution in [0.15, 0.2) is 41.1 Å². The molecule has 0 spiro atoms. The van der Waals surface area contributed by atoms with Crippen molar-refractivity contribution in [2.75, 3.05) is 12.4 Å². The van der Waals surface area contributed by atoms with Crippen LogP contribution >= 0.6 is 23.2 Å². The molecule has 0 N–H and O–H groups in total. The lowest BCUT2D eigenvalue weighted by molar-refractivity contribution is -0.361. The van der Waals surface area contributed by atoms with Crippen molar-refractivity contribution in [1.29, 1.82) is 0 Å². The summed E-state index contributed by atoms with van der Waals surface area (Å²) in [7, 11) is 0. The summed E-state index contributed by atoms with van der Waals surface area (Å²) in [4.78, 5) is 14.7. The average Bonchev–Trinajstić information content (AvgIpc) is 3.26. The molecule has 0 aromatic heterocycles. The second-order valence-electron chi connectivity index (χ2n) is 7.42. The van der Waals surface area contributed by atoms with Crippen molar-refractivity contribution in [3.8, 4) is 0 Å². The number of amides is 1. The molecule has 5 rings (SSSR count). The molecule has 1 amide bonds. The topological polar surface area (TPSA) is 38.8 Å². The van der Waals surface area contributed by atoms with Crippen LogP contribution < -0.4 is 0 Å². The molecule has 25 heavy (non-hydrogen) atoms. The summed E-state index contributed by atoms with van der Waals surface area (Å²) in [6.07, 6.45) is 3.74. The molecule has 1 aromatic carbocycles. The van der Waals surface area contributed by atoms with Crippen LogP contribution in [0.4, 0.5) is 0 Å². The number of hydrogen-bond donors (Lipinski definition) is 0. The maximum atomic E-state index is 13.0. The molecule has 3 fully saturated rings. The minimum absolute atomic E-state index is 0.0382. The quantitative estimate of drug-likeness (QED) is 0.733. The Morgan fingerprint density at radius 3 is 2.72 bits per heavy atom. The van der Waals surface area contributed by atoms with Gasteiger partial charge in [0.25, 0.3) is 5.91 Å². The molecule has 2 aliphatic carbocycles. The molecular formula is C19H19Cl2NO3. The van der Waals surface area contributed by atoms with Crippen LogP contribution in [0.2, 0.25) is 0 Å². The highest BCUT2D eigenvalue weighted by Gasteiger charge is 2.62. The van der Waals surface area contributed by atoms with Crippen LogP contribution in [-0.4, -0.2) is 29.3 Å². The van der Waals surface area contributed by atoms with Crippen molar-refractivity contribution in [1.82, 2.24) is 4.90 Å². The van der Waals surface area contributed by atoms with Crippen molar-refractivity contribution in [2.45, 2.75) is 31.3 Å². The number of carbonyl (C=O) groups excluding carboxylic acids is 1. The second-order valence-corrected chi connectivity index (χ2v) is 8.06. The van der Waals surface area contributed by atoms with E-state index >= 15 is 0 Å². The van der Waals surface area contributed by atoms with Gasteiger partial charge in [-0.3, -0.25) is 9.69 Å². The van der Waals surface area contributed by atoms with E-state index in [0.717, 1.165) is 5.56 Å². The standard InChI is InChI=1S/C19H19Cl2NO3/c20-9-15-16(21)18(23)22-10-14-11-6-7-12(8-11)17(14)25-19(22,24-15)13-4-2-1-3-5-13/h1-5,11-12,14,17H,6-10H2/t11-,12+,14+,17-,19-/m0/s1. The van der Waals surface area contributed by atoms with Gasteiger partial charge in [-0.25, -0.2) is 0 Å². The number of carbonyl (C=O) groups is 1. The summed E-state index contributed by atoms with van der Waals surface area (Å²) in [5, 5.41) is 0.0618. The lowest BCUT2D eigenvalue weighted by atomic mass is 9.83. The Bertz CT molecular complexity index is 752. The van der Waals surface area contributed by atoms with E-state index in [1.165, 1.54) is 19.3 Å². The lowest BCUT2D eigenvalue weighted by Gasteiger charge is -2.54. The van der Waals surface area contributed by atoms with Crippen LogP contribution in [-0.2, 0) is 20.2 Å². The van der Waals surface area contributed by atoms with E-state index in [0.29, 0.717) is 24.3 Å². The molecule has 4 aliphatic rings. The highest BCUT2D eigenvalue weighted by Crippen LogP contribution is 2.56. The highest BCUT2D eigenvalue weighted by atomic mass is 35.5. The van der Waals surface area contributed by atoms with Gasteiger partial charge in [0, 0.05) is 18.0 Å². The molecule has 0 unspecified atom stereocenters. The molecule has 2 bridgehead atoms. The van der Waals surface area contributed by atoms with E-state index in [1.807, 2.05) is 30.3 Å². The Morgan fingerprint density at radius 2 is 1.96 bits per heavy atom. The second kappa shape index (κ2) is 5.63. The fourth-order valence-corrected chi connectivity index (χ4v) is 5.60. The molecule has 2 aliphatic heterocycles. The monoisotopic (exact) mass is 379 g/mol. The van der Waals surface area contributed by atoms with Crippen molar-refractivity contribution in [2.24, 2.45) is 17.8 Å². The van der Waals surface area contributed by atoms with Gasteiger partial charge in [-0.15, -0.1) is 11.6 Å². The van der Waals surface area contributed by atoms with Crippen LogP contribution in [0.25, 0.3) is 0 Å². The minimum atomic E-state index is -1.26. The minimum Gasteiger partial charge on any atom is -0.442 e. The summed E-state index contributed by atoms with van der Waals surface area (Å²) in [5.74, 6) is 0.364. The van der Waals surface area contributed by atoms with E-state index in [4.69, 9.17) is 32.7 Å². The van der Waals surface area contributed by atoms with Crippen LogP contribution in [0.5, 0.6) is 0 Å². The number of benzene rings is 1. The number of alkyl halides is 1. The predicted molar refractivity (Wildman–Crippen MR) is 93.7 cm³/mol. The summed E-state index contributed by atoms with van der Waals surface area (Å²) in [5.41, 5.74) is 0.802. The van der Waals surface area contributed by atoms with E-state index in [1.54, 1.807) is 4.90 Å². The van der Waals surface area contributed by atoms with E-state index < -0.39 is 5.91 Å². The molecule has 2 heterocycles. The summed E-state index contributed by atoms with van der Waals surface area (Å²) < 4.78 is 12.8. The third-order valence-corrected chi connectivity index (χ3v) is 6.86. The number of hydrogen-bond acceptors (Lipinski definition) is 3. The Balaban J connectivity index is 1.64.